The van der Waals surface area contributed by atoms with E-state index in [1.165, 1.54) is 24.0 Å². The van der Waals surface area contributed by atoms with E-state index >= 15 is 0 Å². The molecule has 138 valence electrons. The third kappa shape index (κ3) is 4.18. The van der Waals surface area contributed by atoms with Crippen LogP contribution in [0.15, 0.2) is 47.2 Å². The molecule has 0 aliphatic carbocycles. The second-order valence-electron chi connectivity index (χ2n) is 7.70. The fourth-order valence-corrected chi connectivity index (χ4v) is 5.17. The highest BCUT2D eigenvalue weighted by molar-refractivity contribution is 7.07. The van der Waals surface area contributed by atoms with Crippen molar-refractivity contribution in [3.05, 3.63) is 58.3 Å². The summed E-state index contributed by atoms with van der Waals surface area (Å²) in [5, 5.41) is 4.38. The number of thiophene rings is 1. The van der Waals surface area contributed by atoms with Crippen molar-refractivity contribution < 1.29 is 4.79 Å². The fraction of sp³-hybridized carbons (Fsp3) is 0.500. The zero-order valence-corrected chi connectivity index (χ0v) is 16.2. The lowest BCUT2D eigenvalue weighted by atomic mass is 9.90. The lowest BCUT2D eigenvalue weighted by molar-refractivity contribution is -0.134. The van der Waals surface area contributed by atoms with Gasteiger partial charge in [0.05, 0.1) is 6.54 Å². The highest BCUT2D eigenvalue weighted by Gasteiger charge is 2.30. The third-order valence-electron chi connectivity index (χ3n) is 5.96. The lowest BCUT2D eigenvalue weighted by Gasteiger charge is -2.34. The summed E-state index contributed by atoms with van der Waals surface area (Å²) in [6.07, 6.45) is 5.80. The summed E-state index contributed by atoms with van der Waals surface area (Å²) >= 11 is 1.75. The van der Waals surface area contributed by atoms with Crippen molar-refractivity contribution in [1.82, 2.24) is 9.80 Å². The van der Waals surface area contributed by atoms with Gasteiger partial charge in [-0.15, -0.1) is 0 Å². The van der Waals surface area contributed by atoms with Crippen LogP contribution in [0.1, 0.15) is 42.9 Å². The molecule has 2 aliphatic rings. The molecule has 4 rings (SSSR count). The molecule has 0 saturated carbocycles. The molecule has 1 aromatic carbocycles. The zero-order chi connectivity index (χ0) is 17.8. The maximum atomic E-state index is 12.8. The van der Waals surface area contributed by atoms with Gasteiger partial charge < -0.3 is 4.90 Å². The summed E-state index contributed by atoms with van der Waals surface area (Å²) in [7, 11) is 0. The Morgan fingerprint density at radius 1 is 1.04 bits per heavy atom. The highest BCUT2D eigenvalue weighted by atomic mass is 32.1. The molecule has 4 heteroatoms. The van der Waals surface area contributed by atoms with Gasteiger partial charge in [-0.25, -0.2) is 0 Å². The first-order valence-electron chi connectivity index (χ1n) is 9.87. The SMILES string of the molecule is O=C(CN1CCC[C@@H]1c1ccsc1)N1CCC(Cc2ccccc2)CC1. The Bertz CT molecular complexity index is 692. The van der Waals surface area contributed by atoms with Gasteiger partial charge >= 0.3 is 0 Å². The minimum Gasteiger partial charge on any atom is -0.342 e. The van der Waals surface area contributed by atoms with Gasteiger partial charge in [-0.05, 0) is 72.5 Å². The molecule has 2 aromatic rings. The number of piperidine rings is 1. The Labute approximate surface area is 160 Å². The number of carbonyl (C=O) groups is 1. The summed E-state index contributed by atoms with van der Waals surface area (Å²) < 4.78 is 0. The molecule has 3 nitrogen and oxygen atoms in total. The highest BCUT2D eigenvalue weighted by Crippen LogP contribution is 2.33. The number of hydrogen-bond acceptors (Lipinski definition) is 3. The van der Waals surface area contributed by atoms with Crippen LogP contribution in [0.4, 0.5) is 0 Å². The number of likely N-dealkylation sites (tertiary alicyclic amines) is 2. The number of hydrogen-bond donors (Lipinski definition) is 0. The average Bonchev–Trinajstić information content (AvgIpc) is 3.34. The van der Waals surface area contributed by atoms with Crippen molar-refractivity contribution in [3.8, 4) is 0 Å². The molecular weight excluding hydrogens is 340 g/mol. The van der Waals surface area contributed by atoms with Gasteiger partial charge in [-0.3, -0.25) is 9.69 Å². The first-order chi connectivity index (χ1) is 12.8. The molecule has 26 heavy (non-hydrogen) atoms. The third-order valence-corrected chi connectivity index (χ3v) is 6.67. The largest absolute Gasteiger partial charge is 0.342 e. The molecule has 1 amide bonds. The van der Waals surface area contributed by atoms with Gasteiger partial charge in [0.2, 0.25) is 5.91 Å². The van der Waals surface area contributed by atoms with E-state index in [0.717, 1.165) is 38.9 Å². The van der Waals surface area contributed by atoms with Crippen LogP contribution in [0.5, 0.6) is 0 Å². The first kappa shape index (κ1) is 17.7. The average molecular weight is 369 g/mol. The van der Waals surface area contributed by atoms with E-state index in [9.17, 15) is 4.79 Å². The van der Waals surface area contributed by atoms with Crippen LogP contribution in [-0.4, -0.2) is 41.9 Å². The molecule has 2 aliphatic heterocycles. The number of amides is 1. The van der Waals surface area contributed by atoms with Crippen LogP contribution in [0.25, 0.3) is 0 Å². The smallest absolute Gasteiger partial charge is 0.236 e. The van der Waals surface area contributed by atoms with E-state index < -0.39 is 0 Å². The van der Waals surface area contributed by atoms with Crippen LogP contribution in [0, 0.1) is 5.92 Å². The number of nitrogens with zero attached hydrogens (tertiary/aromatic N) is 2. The Kier molecular flexibility index (Phi) is 5.71. The van der Waals surface area contributed by atoms with Crippen molar-refractivity contribution in [2.24, 2.45) is 5.92 Å². The summed E-state index contributed by atoms with van der Waals surface area (Å²) in [6.45, 7) is 3.49. The molecule has 0 radical (unpaired) electrons. The number of carbonyl (C=O) groups excluding carboxylic acids is 1. The normalized spacial score (nSPS) is 22.0. The minimum absolute atomic E-state index is 0.324. The van der Waals surface area contributed by atoms with Gasteiger partial charge in [0.15, 0.2) is 0 Å². The quantitative estimate of drug-likeness (QED) is 0.782. The second-order valence-corrected chi connectivity index (χ2v) is 8.48. The maximum Gasteiger partial charge on any atom is 0.236 e. The van der Waals surface area contributed by atoms with Crippen molar-refractivity contribution in [3.63, 3.8) is 0 Å². The van der Waals surface area contributed by atoms with E-state index in [4.69, 9.17) is 0 Å². The van der Waals surface area contributed by atoms with E-state index in [1.807, 2.05) is 0 Å². The minimum atomic E-state index is 0.324. The Morgan fingerprint density at radius 3 is 2.58 bits per heavy atom. The summed E-state index contributed by atoms with van der Waals surface area (Å²) in [5.74, 6) is 1.04. The first-order valence-corrected chi connectivity index (χ1v) is 10.8. The number of benzene rings is 1. The number of rotatable bonds is 5. The molecule has 2 saturated heterocycles. The van der Waals surface area contributed by atoms with E-state index in [2.05, 4.69) is 57.0 Å². The van der Waals surface area contributed by atoms with Crippen LogP contribution >= 0.6 is 11.3 Å². The molecule has 0 N–H and O–H groups in total. The van der Waals surface area contributed by atoms with Crippen molar-refractivity contribution in [2.75, 3.05) is 26.2 Å². The molecule has 1 aromatic heterocycles. The van der Waals surface area contributed by atoms with Gasteiger partial charge in [-0.2, -0.15) is 11.3 Å². The fourth-order valence-electron chi connectivity index (χ4n) is 4.47. The van der Waals surface area contributed by atoms with Gasteiger partial charge in [0.1, 0.15) is 0 Å². The zero-order valence-electron chi connectivity index (χ0n) is 15.3. The van der Waals surface area contributed by atoms with Crippen LogP contribution in [-0.2, 0) is 11.2 Å². The van der Waals surface area contributed by atoms with Crippen molar-refractivity contribution in [1.29, 1.82) is 0 Å². The molecule has 0 unspecified atom stereocenters. The maximum absolute atomic E-state index is 12.8. The van der Waals surface area contributed by atoms with E-state index in [-0.39, 0.29) is 0 Å². The van der Waals surface area contributed by atoms with Crippen LogP contribution in [0.3, 0.4) is 0 Å². The topological polar surface area (TPSA) is 23.6 Å². The van der Waals surface area contributed by atoms with Crippen molar-refractivity contribution >= 4 is 17.2 Å². The van der Waals surface area contributed by atoms with Gasteiger partial charge in [0.25, 0.3) is 0 Å². The van der Waals surface area contributed by atoms with Crippen molar-refractivity contribution in [2.45, 2.75) is 38.1 Å². The Morgan fingerprint density at radius 2 is 1.85 bits per heavy atom. The predicted molar refractivity (Wildman–Crippen MR) is 107 cm³/mol. The molecular formula is C22H28N2OS. The Balaban J connectivity index is 1.27. The molecule has 0 spiro atoms. The van der Waals surface area contributed by atoms with Crippen LogP contribution < -0.4 is 0 Å². The predicted octanol–water partition coefficient (Wildman–Crippen LogP) is 4.37. The summed E-state index contributed by atoms with van der Waals surface area (Å²) in [6, 6.07) is 13.4. The molecule has 3 heterocycles. The van der Waals surface area contributed by atoms with E-state index in [1.54, 1.807) is 11.3 Å². The summed E-state index contributed by atoms with van der Waals surface area (Å²) in [4.78, 5) is 17.3. The lowest BCUT2D eigenvalue weighted by Crippen LogP contribution is -2.44. The molecule has 0 bridgehead atoms. The molecule has 2 fully saturated rings. The standard InChI is InChI=1S/C22H28N2OS/c25-22(16-24-11-4-7-21(24)20-10-14-26-17-20)23-12-8-19(9-13-23)15-18-5-2-1-3-6-18/h1-3,5-6,10,14,17,19,21H,4,7-9,11-13,15-16H2/t21-/m1/s1. The van der Waals surface area contributed by atoms with E-state index in [0.29, 0.717) is 24.4 Å². The summed E-state index contributed by atoms with van der Waals surface area (Å²) in [5.41, 5.74) is 2.81. The Hall–Kier alpha value is -1.65. The molecule has 1 atom stereocenters. The van der Waals surface area contributed by atoms with Crippen LogP contribution in [0.2, 0.25) is 0 Å². The van der Waals surface area contributed by atoms with Gasteiger partial charge in [-0.1, -0.05) is 30.3 Å². The monoisotopic (exact) mass is 368 g/mol. The second kappa shape index (κ2) is 8.36. The van der Waals surface area contributed by atoms with Gasteiger partial charge in [0, 0.05) is 19.1 Å².